The van der Waals surface area contributed by atoms with Crippen molar-refractivity contribution in [2.24, 2.45) is 0 Å². The molecule has 1 fully saturated rings. The molecule has 130 valence electrons. The van der Waals surface area contributed by atoms with Crippen molar-refractivity contribution >= 4 is 22.2 Å². The van der Waals surface area contributed by atoms with Crippen molar-refractivity contribution in [3.8, 4) is 0 Å². The first kappa shape index (κ1) is 18.8. The first-order chi connectivity index (χ1) is 10.7. The highest BCUT2D eigenvalue weighted by atomic mass is 28.4. The van der Waals surface area contributed by atoms with Gasteiger partial charge in [0.15, 0.2) is 16.5 Å². The molecular weight excluding hydrogens is 310 g/mol. The lowest BCUT2D eigenvalue weighted by atomic mass is 10.3. The fourth-order valence-electron chi connectivity index (χ4n) is 5.59. The summed E-state index contributed by atoms with van der Waals surface area (Å²) in [6.07, 6.45) is 0. The number of rotatable bonds is 5. The molecule has 0 spiro atoms. The zero-order valence-corrected chi connectivity index (χ0v) is 18.6. The molecular formula is C20H37NSi2. The van der Waals surface area contributed by atoms with Crippen LogP contribution in [0.15, 0.2) is 30.3 Å². The predicted octanol–water partition coefficient (Wildman–Crippen LogP) is 7.04. The van der Waals surface area contributed by atoms with Gasteiger partial charge in [-0.3, -0.25) is 0 Å². The van der Waals surface area contributed by atoms with Crippen molar-refractivity contribution in [2.45, 2.75) is 89.6 Å². The standard InChI is InChI=1S/C20H37NSi2/c1-16(2)22(17(3)4)14-15-23(18(5)6,19(7)8)21(22)20-12-10-9-11-13-20/h9-13,16-19H,14-15H2,1-8H3. The molecule has 3 heteroatoms. The van der Waals surface area contributed by atoms with Crippen LogP contribution in [0.25, 0.3) is 0 Å². The molecule has 1 nitrogen and oxygen atoms in total. The van der Waals surface area contributed by atoms with Gasteiger partial charge in [-0.1, -0.05) is 73.6 Å². The van der Waals surface area contributed by atoms with Crippen molar-refractivity contribution in [2.75, 3.05) is 4.23 Å². The van der Waals surface area contributed by atoms with Crippen molar-refractivity contribution < 1.29 is 0 Å². The zero-order chi connectivity index (χ0) is 17.4. The van der Waals surface area contributed by atoms with Crippen LogP contribution in [0.2, 0.25) is 34.3 Å². The third-order valence-corrected chi connectivity index (χ3v) is 22.1. The van der Waals surface area contributed by atoms with Crippen LogP contribution in [0.1, 0.15) is 55.4 Å². The Kier molecular flexibility index (Phi) is 5.52. The van der Waals surface area contributed by atoms with Crippen molar-refractivity contribution in [1.82, 2.24) is 0 Å². The van der Waals surface area contributed by atoms with Gasteiger partial charge in [-0.05, 0) is 46.4 Å². The first-order valence-corrected chi connectivity index (χ1v) is 14.2. The van der Waals surface area contributed by atoms with E-state index in [1.165, 1.54) is 17.8 Å². The highest BCUT2D eigenvalue weighted by Crippen LogP contribution is 2.57. The Morgan fingerprint density at radius 1 is 0.652 bits per heavy atom. The van der Waals surface area contributed by atoms with Gasteiger partial charge in [-0.25, -0.2) is 0 Å². The number of hydrogen-bond donors (Lipinski definition) is 0. The average molecular weight is 348 g/mol. The Bertz CT molecular complexity index is 464. The Morgan fingerprint density at radius 3 is 1.30 bits per heavy atom. The van der Waals surface area contributed by atoms with Crippen molar-refractivity contribution in [3.05, 3.63) is 30.3 Å². The fraction of sp³-hybridized carbons (Fsp3) is 0.700. The quantitative estimate of drug-likeness (QED) is 0.516. The second-order valence-electron chi connectivity index (χ2n) is 8.77. The maximum atomic E-state index is 3.14. The highest BCUT2D eigenvalue weighted by Gasteiger charge is 2.62. The van der Waals surface area contributed by atoms with Gasteiger partial charge in [0.2, 0.25) is 0 Å². The maximum absolute atomic E-state index is 3.14. The van der Waals surface area contributed by atoms with E-state index in [1.807, 2.05) is 0 Å². The van der Waals surface area contributed by atoms with E-state index in [-0.39, 0.29) is 0 Å². The van der Waals surface area contributed by atoms with Gasteiger partial charge >= 0.3 is 0 Å². The van der Waals surface area contributed by atoms with Crippen LogP contribution in [0.5, 0.6) is 0 Å². The SMILES string of the molecule is CC(C)[Si]1(C(C)C)CC[Si](C(C)C)(C(C)C)N1c1ccccc1. The van der Waals surface area contributed by atoms with Gasteiger partial charge in [0.1, 0.15) is 0 Å². The monoisotopic (exact) mass is 347 g/mol. The molecule has 0 saturated carbocycles. The minimum absolute atomic E-state index is 0.814. The minimum Gasteiger partial charge on any atom is -0.423 e. The van der Waals surface area contributed by atoms with Crippen LogP contribution in [0.4, 0.5) is 5.69 Å². The fourth-order valence-corrected chi connectivity index (χ4v) is 24.4. The third kappa shape index (κ3) is 2.74. The second-order valence-corrected chi connectivity index (χ2v) is 19.7. The molecule has 1 aliphatic rings. The van der Waals surface area contributed by atoms with Gasteiger partial charge in [0.05, 0.1) is 0 Å². The lowest BCUT2D eigenvalue weighted by Gasteiger charge is -2.54. The molecule has 0 unspecified atom stereocenters. The lowest BCUT2D eigenvalue weighted by molar-refractivity contribution is 0.863. The molecule has 1 aromatic carbocycles. The smallest absolute Gasteiger partial charge is 0.152 e. The topological polar surface area (TPSA) is 3.24 Å². The van der Waals surface area contributed by atoms with Crippen LogP contribution in [0.3, 0.4) is 0 Å². The summed E-state index contributed by atoms with van der Waals surface area (Å²) in [4.78, 5) is 0. The summed E-state index contributed by atoms with van der Waals surface area (Å²) >= 11 is 0. The maximum Gasteiger partial charge on any atom is 0.152 e. The van der Waals surface area contributed by atoms with Gasteiger partial charge < -0.3 is 4.23 Å². The summed E-state index contributed by atoms with van der Waals surface area (Å²) in [5.74, 6) is 0. The summed E-state index contributed by atoms with van der Waals surface area (Å²) in [5, 5.41) is 0. The predicted molar refractivity (Wildman–Crippen MR) is 110 cm³/mol. The molecule has 0 aromatic heterocycles. The lowest BCUT2D eigenvalue weighted by Crippen LogP contribution is -2.66. The molecule has 0 atom stereocenters. The highest BCUT2D eigenvalue weighted by molar-refractivity contribution is 7.08. The molecule has 0 N–H and O–H groups in total. The van der Waals surface area contributed by atoms with Gasteiger partial charge in [-0.15, -0.1) is 0 Å². The Labute approximate surface area is 146 Å². The molecule has 0 aliphatic carbocycles. The Balaban J connectivity index is 2.72. The Hall–Kier alpha value is -0.546. The van der Waals surface area contributed by atoms with Crippen molar-refractivity contribution in [1.29, 1.82) is 0 Å². The average Bonchev–Trinajstić information content (AvgIpc) is 2.86. The number of hydrogen-bond acceptors (Lipinski definition) is 1. The largest absolute Gasteiger partial charge is 0.423 e. The Morgan fingerprint density at radius 2 is 1.00 bits per heavy atom. The minimum atomic E-state index is -1.52. The molecule has 0 bridgehead atoms. The van der Waals surface area contributed by atoms with Gasteiger partial charge in [-0.2, -0.15) is 0 Å². The van der Waals surface area contributed by atoms with E-state index < -0.39 is 16.5 Å². The number of para-hydroxylation sites is 1. The molecule has 2 rings (SSSR count). The van der Waals surface area contributed by atoms with Crippen LogP contribution >= 0.6 is 0 Å². The van der Waals surface area contributed by atoms with Crippen LogP contribution in [-0.2, 0) is 0 Å². The molecule has 1 aromatic rings. The molecule has 1 aliphatic heterocycles. The van der Waals surface area contributed by atoms with E-state index in [2.05, 4.69) is 90.0 Å². The van der Waals surface area contributed by atoms with Crippen LogP contribution < -0.4 is 4.23 Å². The number of anilines is 1. The number of nitrogens with zero attached hydrogens (tertiary/aromatic N) is 1. The summed E-state index contributed by atoms with van der Waals surface area (Å²) in [7, 11) is -3.05. The summed E-state index contributed by atoms with van der Waals surface area (Å²) in [6.45, 7) is 20.1. The second kappa shape index (κ2) is 6.75. The third-order valence-electron chi connectivity index (χ3n) is 6.77. The number of benzene rings is 1. The van der Waals surface area contributed by atoms with Gasteiger partial charge in [0.25, 0.3) is 0 Å². The van der Waals surface area contributed by atoms with E-state index in [0.717, 1.165) is 22.2 Å². The van der Waals surface area contributed by atoms with E-state index in [1.54, 1.807) is 0 Å². The van der Waals surface area contributed by atoms with E-state index in [0.29, 0.717) is 0 Å². The molecule has 0 radical (unpaired) electrons. The van der Waals surface area contributed by atoms with E-state index >= 15 is 0 Å². The van der Waals surface area contributed by atoms with Gasteiger partial charge in [0, 0.05) is 5.69 Å². The van der Waals surface area contributed by atoms with E-state index in [4.69, 9.17) is 0 Å². The normalized spacial score (nSPS) is 20.3. The van der Waals surface area contributed by atoms with Crippen LogP contribution in [0, 0.1) is 0 Å². The zero-order valence-electron chi connectivity index (χ0n) is 16.6. The summed E-state index contributed by atoms with van der Waals surface area (Å²) in [5.41, 5.74) is 4.79. The molecule has 0 amide bonds. The van der Waals surface area contributed by atoms with E-state index in [9.17, 15) is 0 Å². The summed E-state index contributed by atoms with van der Waals surface area (Å²) < 4.78 is 3.14. The summed E-state index contributed by atoms with van der Waals surface area (Å²) in [6, 6.07) is 14.4. The van der Waals surface area contributed by atoms with Crippen molar-refractivity contribution in [3.63, 3.8) is 0 Å². The molecule has 1 saturated heterocycles. The molecule has 1 heterocycles. The molecule has 23 heavy (non-hydrogen) atoms. The first-order valence-electron chi connectivity index (χ1n) is 9.56. The van der Waals surface area contributed by atoms with Crippen LogP contribution in [-0.4, -0.2) is 16.5 Å².